The lowest BCUT2D eigenvalue weighted by molar-refractivity contribution is -0.117. The number of halogens is 1. The van der Waals surface area contributed by atoms with Gasteiger partial charge in [-0.1, -0.05) is 6.07 Å². The second-order valence-corrected chi connectivity index (χ2v) is 5.64. The number of benzene rings is 1. The van der Waals surface area contributed by atoms with Gasteiger partial charge in [0.05, 0.1) is 12.2 Å². The SMILES string of the molecule is CC(C)N(C)CC(=O)Nc1c(F)cccc1NC1CC1. The summed E-state index contributed by atoms with van der Waals surface area (Å²) in [5, 5.41) is 5.92. The van der Waals surface area contributed by atoms with E-state index in [-0.39, 0.29) is 24.2 Å². The normalized spacial score (nSPS) is 14.7. The van der Waals surface area contributed by atoms with E-state index in [2.05, 4.69) is 10.6 Å². The van der Waals surface area contributed by atoms with Gasteiger partial charge in [0.2, 0.25) is 5.91 Å². The van der Waals surface area contributed by atoms with Crippen LogP contribution < -0.4 is 10.6 Å². The Morgan fingerprint density at radius 3 is 2.75 bits per heavy atom. The molecule has 20 heavy (non-hydrogen) atoms. The highest BCUT2D eigenvalue weighted by atomic mass is 19.1. The Kier molecular flexibility index (Phi) is 4.60. The van der Waals surface area contributed by atoms with Crippen molar-refractivity contribution in [3.05, 3.63) is 24.0 Å². The van der Waals surface area contributed by atoms with E-state index in [0.717, 1.165) is 12.8 Å². The molecule has 0 saturated heterocycles. The minimum atomic E-state index is -0.406. The molecule has 2 N–H and O–H groups in total. The van der Waals surface area contributed by atoms with Crippen LogP contribution in [0.2, 0.25) is 0 Å². The third kappa shape index (κ3) is 3.93. The van der Waals surface area contributed by atoms with Crippen LogP contribution in [-0.4, -0.2) is 36.5 Å². The number of nitrogens with zero attached hydrogens (tertiary/aromatic N) is 1. The maximum atomic E-state index is 13.9. The van der Waals surface area contributed by atoms with Gasteiger partial charge in [-0.25, -0.2) is 4.39 Å². The van der Waals surface area contributed by atoms with Crippen molar-refractivity contribution in [3.8, 4) is 0 Å². The van der Waals surface area contributed by atoms with Crippen molar-refractivity contribution in [3.63, 3.8) is 0 Å². The molecule has 0 bridgehead atoms. The Labute approximate surface area is 119 Å². The van der Waals surface area contributed by atoms with Gasteiger partial charge >= 0.3 is 0 Å². The second kappa shape index (κ2) is 6.22. The lowest BCUT2D eigenvalue weighted by Gasteiger charge is -2.21. The molecule has 0 aliphatic heterocycles. The summed E-state index contributed by atoms with van der Waals surface area (Å²) < 4.78 is 13.9. The molecule has 4 nitrogen and oxygen atoms in total. The first-order valence-electron chi connectivity index (χ1n) is 7.02. The molecule has 0 unspecified atom stereocenters. The van der Waals surface area contributed by atoms with Gasteiger partial charge in [-0.2, -0.15) is 0 Å². The highest BCUT2D eigenvalue weighted by Gasteiger charge is 2.23. The van der Waals surface area contributed by atoms with Crippen LogP contribution in [-0.2, 0) is 4.79 Å². The van der Waals surface area contributed by atoms with E-state index in [0.29, 0.717) is 11.7 Å². The van der Waals surface area contributed by atoms with Crippen LogP contribution in [0, 0.1) is 5.82 Å². The van der Waals surface area contributed by atoms with Crippen molar-refractivity contribution >= 4 is 17.3 Å². The predicted molar refractivity (Wildman–Crippen MR) is 79.4 cm³/mol. The molecule has 0 aromatic heterocycles. The molecule has 0 spiro atoms. The van der Waals surface area contributed by atoms with Crippen LogP contribution >= 0.6 is 0 Å². The van der Waals surface area contributed by atoms with Gasteiger partial charge in [0.1, 0.15) is 11.5 Å². The average Bonchev–Trinajstić information content (AvgIpc) is 3.17. The summed E-state index contributed by atoms with van der Waals surface area (Å²) in [6.45, 7) is 4.27. The van der Waals surface area contributed by atoms with E-state index in [1.54, 1.807) is 12.1 Å². The summed E-state index contributed by atoms with van der Waals surface area (Å²) >= 11 is 0. The molecule has 5 heteroatoms. The van der Waals surface area contributed by atoms with Crippen LogP contribution in [0.25, 0.3) is 0 Å². The highest BCUT2D eigenvalue weighted by Crippen LogP contribution is 2.31. The van der Waals surface area contributed by atoms with E-state index in [1.165, 1.54) is 6.07 Å². The zero-order valence-corrected chi connectivity index (χ0v) is 12.2. The van der Waals surface area contributed by atoms with Gasteiger partial charge in [-0.15, -0.1) is 0 Å². The third-order valence-corrected chi connectivity index (χ3v) is 3.49. The summed E-state index contributed by atoms with van der Waals surface area (Å²) in [5.74, 6) is -0.610. The van der Waals surface area contributed by atoms with Gasteiger partial charge in [0, 0.05) is 12.1 Å². The van der Waals surface area contributed by atoms with Crippen LogP contribution in [0.1, 0.15) is 26.7 Å². The molecule has 1 amide bonds. The number of amides is 1. The zero-order chi connectivity index (χ0) is 14.7. The number of hydrogen-bond donors (Lipinski definition) is 2. The van der Waals surface area contributed by atoms with Crippen molar-refractivity contribution in [2.75, 3.05) is 24.2 Å². The molecule has 0 heterocycles. The standard InChI is InChI=1S/C15H22FN3O/c1-10(2)19(3)9-14(20)18-15-12(16)5-4-6-13(15)17-11-7-8-11/h4-6,10-11,17H,7-9H2,1-3H3,(H,18,20). The number of carbonyl (C=O) groups is 1. The minimum absolute atomic E-state index is 0.204. The van der Waals surface area contributed by atoms with Gasteiger partial charge in [0.15, 0.2) is 0 Å². The van der Waals surface area contributed by atoms with Crippen molar-refractivity contribution in [2.24, 2.45) is 0 Å². The van der Waals surface area contributed by atoms with Crippen molar-refractivity contribution in [2.45, 2.75) is 38.8 Å². The Bertz CT molecular complexity index is 486. The summed E-state index contributed by atoms with van der Waals surface area (Å²) in [5.41, 5.74) is 0.912. The average molecular weight is 279 g/mol. The Morgan fingerprint density at radius 2 is 2.15 bits per heavy atom. The van der Waals surface area contributed by atoms with Crippen LogP contribution in [0.3, 0.4) is 0 Å². The molecule has 2 rings (SSSR count). The number of rotatable bonds is 6. The van der Waals surface area contributed by atoms with Crippen LogP contribution in [0.15, 0.2) is 18.2 Å². The van der Waals surface area contributed by atoms with E-state index in [1.807, 2.05) is 25.8 Å². The first kappa shape index (κ1) is 14.8. The molecule has 1 aliphatic rings. The molecule has 1 aromatic carbocycles. The Balaban J connectivity index is 2.05. The lowest BCUT2D eigenvalue weighted by atomic mass is 10.2. The third-order valence-electron chi connectivity index (χ3n) is 3.49. The second-order valence-electron chi connectivity index (χ2n) is 5.64. The highest BCUT2D eigenvalue weighted by molar-refractivity contribution is 5.95. The fourth-order valence-electron chi connectivity index (χ4n) is 1.81. The number of carbonyl (C=O) groups excluding carboxylic acids is 1. The van der Waals surface area contributed by atoms with Gasteiger partial charge in [-0.05, 0) is 45.9 Å². The summed E-state index contributed by atoms with van der Waals surface area (Å²) in [6, 6.07) is 5.48. The molecule has 0 atom stereocenters. The number of hydrogen-bond acceptors (Lipinski definition) is 3. The monoisotopic (exact) mass is 279 g/mol. The van der Waals surface area contributed by atoms with Crippen LogP contribution in [0.4, 0.5) is 15.8 Å². The zero-order valence-electron chi connectivity index (χ0n) is 12.2. The van der Waals surface area contributed by atoms with E-state index < -0.39 is 5.82 Å². The maximum absolute atomic E-state index is 13.9. The van der Waals surface area contributed by atoms with E-state index in [9.17, 15) is 9.18 Å². The van der Waals surface area contributed by atoms with Gasteiger partial charge < -0.3 is 10.6 Å². The maximum Gasteiger partial charge on any atom is 0.238 e. The quantitative estimate of drug-likeness (QED) is 0.841. The van der Waals surface area contributed by atoms with Crippen molar-refractivity contribution in [1.29, 1.82) is 0 Å². The largest absolute Gasteiger partial charge is 0.381 e. The van der Waals surface area contributed by atoms with Gasteiger partial charge in [0.25, 0.3) is 0 Å². The summed E-state index contributed by atoms with van der Waals surface area (Å²) in [7, 11) is 1.87. The first-order chi connectivity index (χ1) is 9.47. The topological polar surface area (TPSA) is 44.4 Å². The van der Waals surface area contributed by atoms with E-state index in [4.69, 9.17) is 0 Å². The predicted octanol–water partition coefficient (Wildman–Crippen LogP) is 2.68. The van der Waals surface area contributed by atoms with Crippen molar-refractivity contribution in [1.82, 2.24) is 4.90 Å². The molecule has 1 aromatic rings. The molecule has 110 valence electrons. The lowest BCUT2D eigenvalue weighted by Crippen LogP contribution is -2.35. The number of nitrogens with one attached hydrogen (secondary N) is 2. The molecular weight excluding hydrogens is 257 g/mol. The molecular formula is C15H22FN3O. The van der Waals surface area contributed by atoms with Gasteiger partial charge in [-0.3, -0.25) is 9.69 Å². The van der Waals surface area contributed by atoms with Crippen molar-refractivity contribution < 1.29 is 9.18 Å². The molecule has 1 aliphatic carbocycles. The smallest absolute Gasteiger partial charge is 0.238 e. The van der Waals surface area contributed by atoms with E-state index >= 15 is 0 Å². The fourth-order valence-corrected chi connectivity index (χ4v) is 1.81. The molecule has 1 saturated carbocycles. The number of likely N-dealkylation sites (N-methyl/N-ethyl adjacent to an activating group) is 1. The first-order valence-corrected chi connectivity index (χ1v) is 7.02. The number of para-hydroxylation sites is 1. The Hall–Kier alpha value is -1.62. The minimum Gasteiger partial charge on any atom is -0.381 e. The van der Waals surface area contributed by atoms with Crippen LogP contribution in [0.5, 0.6) is 0 Å². The summed E-state index contributed by atoms with van der Waals surface area (Å²) in [4.78, 5) is 13.9. The molecule has 1 fully saturated rings. The molecule has 0 radical (unpaired) electrons. The Morgan fingerprint density at radius 1 is 1.45 bits per heavy atom. The summed E-state index contributed by atoms with van der Waals surface area (Å²) in [6.07, 6.45) is 2.19. The fraction of sp³-hybridized carbons (Fsp3) is 0.533. The number of anilines is 2.